The molecule has 28 heavy (non-hydrogen) atoms. The molecule has 0 amide bonds. The summed E-state index contributed by atoms with van der Waals surface area (Å²) in [4.78, 5) is 14.7. The van der Waals surface area contributed by atoms with E-state index in [0.29, 0.717) is 6.04 Å². The third kappa shape index (κ3) is 4.71. The van der Waals surface area contributed by atoms with Crippen LogP contribution in [0.25, 0.3) is 11.0 Å². The van der Waals surface area contributed by atoms with Gasteiger partial charge in [-0.25, -0.2) is 9.97 Å². The number of nitrogens with one attached hydrogen (secondary N) is 1. The zero-order valence-corrected chi connectivity index (χ0v) is 16.8. The van der Waals surface area contributed by atoms with Crippen LogP contribution in [0.5, 0.6) is 0 Å². The van der Waals surface area contributed by atoms with Gasteiger partial charge in [0, 0.05) is 52.5 Å². The molecule has 2 aliphatic heterocycles. The number of hydrogen-bond acceptors (Lipinski definition) is 7. The number of nitrogens with zero attached hydrogens (tertiary/aromatic N) is 4. The molecule has 2 aromatic rings. The number of morpholine rings is 1. The van der Waals surface area contributed by atoms with Gasteiger partial charge in [0.05, 0.1) is 24.2 Å². The minimum Gasteiger partial charge on any atom is -0.385 e. The van der Waals surface area contributed by atoms with Crippen LogP contribution in [0.15, 0.2) is 24.3 Å². The van der Waals surface area contributed by atoms with Crippen LogP contribution < -0.4 is 10.2 Å². The van der Waals surface area contributed by atoms with E-state index in [1.807, 2.05) is 24.3 Å². The van der Waals surface area contributed by atoms with Crippen LogP contribution in [0.4, 0.5) is 11.6 Å². The average Bonchev–Trinajstić information content (AvgIpc) is 2.75. The zero-order valence-electron chi connectivity index (χ0n) is 16.8. The fourth-order valence-corrected chi connectivity index (χ4v) is 4.01. The summed E-state index contributed by atoms with van der Waals surface area (Å²) in [6, 6.07) is 8.55. The van der Waals surface area contributed by atoms with Gasteiger partial charge >= 0.3 is 0 Å². The van der Waals surface area contributed by atoms with E-state index in [2.05, 4.69) is 15.1 Å². The Labute approximate surface area is 167 Å². The maximum absolute atomic E-state index is 5.53. The number of likely N-dealkylation sites (tertiary alicyclic amines) is 1. The molecule has 0 radical (unpaired) electrons. The van der Waals surface area contributed by atoms with Crippen molar-refractivity contribution in [3.05, 3.63) is 24.3 Å². The minimum absolute atomic E-state index is 0.439. The minimum atomic E-state index is 0.439. The van der Waals surface area contributed by atoms with Crippen LogP contribution in [0, 0.1) is 0 Å². The lowest BCUT2D eigenvalue weighted by atomic mass is 10.0. The number of rotatable bonds is 7. The first-order chi connectivity index (χ1) is 13.8. The number of piperidine rings is 1. The molecule has 3 heterocycles. The van der Waals surface area contributed by atoms with Gasteiger partial charge in [-0.1, -0.05) is 12.1 Å². The van der Waals surface area contributed by atoms with Crippen molar-refractivity contribution < 1.29 is 9.47 Å². The van der Waals surface area contributed by atoms with Crippen LogP contribution >= 0.6 is 0 Å². The molecule has 2 aliphatic rings. The molecule has 4 rings (SSSR count). The summed E-state index contributed by atoms with van der Waals surface area (Å²) < 4.78 is 10.7. The van der Waals surface area contributed by atoms with E-state index in [0.717, 1.165) is 94.5 Å². The van der Waals surface area contributed by atoms with Gasteiger partial charge < -0.3 is 24.6 Å². The van der Waals surface area contributed by atoms with Gasteiger partial charge in [0.1, 0.15) is 0 Å². The molecule has 0 aliphatic carbocycles. The molecule has 0 atom stereocenters. The summed E-state index contributed by atoms with van der Waals surface area (Å²) in [5.41, 5.74) is 1.89. The summed E-state index contributed by atoms with van der Waals surface area (Å²) in [5.74, 6) is 1.88. The molecule has 7 heteroatoms. The first-order valence-corrected chi connectivity index (χ1v) is 10.4. The van der Waals surface area contributed by atoms with E-state index in [-0.39, 0.29) is 0 Å². The van der Waals surface area contributed by atoms with Crippen molar-refractivity contribution in [3.8, 4) is 0 Å². The van der Waals surface area contributed by atoms with Crippen LogP contribution in [0.3, 0.4) is 0 Å². The normalized spacial score (nSPS) is 19.2. The summed E-state index contributed by atoms with van der Waals surface area (Å²) >= 11 is 0. The number of aromatic nitrogens is 2. The van der Waals surface area contributed by atoms with Crippen molar-refractivity contribution in [2.75, 3.05) is 69.9 Å². The van der Waals surface area contributed by atoms with Gasteiger partial charge in [0.25, 0.3) is 0 Å². The Morgan fingerprint density at radius 2 is 1.79 bits per heavy atom. The molecule has 1 N–H and O–H groups in total. The topological polar surface area (TPSA) is 62.8 Å². The fourth-order valence-electron chi connectivity index (χ4n) is 4.01. The summed E-state index contributed by atoms with van der Waals surface area (Å²) in [6.45, 7) is 7.41. The Kier molecular flexibility index (Phi) is 6.57. The number of methoxy groups -OCH3 is 1. The molecule has 0 bridgehead atoms. The smallest absolute Gasteiger partial charge is 0.172 e. The SMILES string of the molecule is COCCCN1CCC(Nc2nc3ccccc3nc2N2CCOCC2)CC1. The maximum atomic E-state index is 5.53. The molecular weight excluding hydrogens is 354 g/mol. The Morgan fingerprint density at radius 1 is 1.07 bits per heavy atom. The second kappa shape index (κ2) is 9.49. The highest BCUT2D eigenvalue weighted by Crippen LogP contribution is 2.27. The Hall–Kier alpha value is -1.96. The van der Waals surface area contributed by atoms with E-state index in [4.69, 9.17) is 19.4 Å². The van der Waals surface area contributed by atoms with Gasteiger partial charge in [-0.05, 0) is 31.4 Å². The lowest BCUT2D eigenvalue weighted by Gasteiger charge is -2.34. The number of ether oxygens (including phenoxy) is 2. The molecule has 152 valence electrons. The van der Waals surface area contributed by atoms with Crippen molar-refractivity contribution in [1.29, 1.82) is 0 Å². The molecule has 2 fully saturated rings. The standard InChI is InChI=1S/C21H31N5O2/c1-27-14-4-9-25-10-7-17(8-11-25)22-20-21(26-12-15-28-16-13-26)24-19-6-3-2-5-18(19)23-20/h2-3,5-6,17H,4,7-16H2,1H3,(H,22,23). The van der Waals surface area contributed by atoms with Gasteiger partial charge in [0.2, 0.25) is 0 Å². The molecule has 7 nitrogen and oxygen atoms in total. The highest BCUT2D eigenvalue weighted by Gasteiger charge is 2.23. The second-order valence-electron chi connectivity index (χ2n) is 7.59. The van der Waals surface area contributed by atoms with E-state index < -0.39 is 0 Å². The van der Waals surface area contributed by atoms with E-state index in [1.165, 1.54) is 0 Å². The Bertz CT molecular complexity index is 758. The first kappa shape index (κ1) is 19.4. The van der Waals surface area contributed by atoms with Crippen molar-refractivity contribution in [1.82, 2.24) is 14.9 Å². The lowest BCUT2D eigenvalue weighted by molar-refractivity contribution is 0.122. The predicted octanol–water partition coefficient (Wildman–Crippen LogP) is 2.38. The van der Waals surface area contributed by atoms with Crippen LogP contribution in [0.2, 0.25) is 0 Å². The zero-order chi connectivity index (χ0) is 19.2. The molecule has 1 aromatic heterocycles. The molecule has 0 spiro atoms. The van der Waals surface area contributed by atoms with Gasteiger partial charge in [-0.2, -0.15) is 0 Å². The number of fused-ring (bicyclic) bond motifs is 1. The van der Waals surface area contributed by atoms with Gasteiger partial charge in [-0.3, -0.25) is 0 Å². The maximum Gasteiger partial charge on any atom is 0.172 e. The van der Waals surface area contributed by atoms with E-state index in [1.54, 1.807) is 7.11 Å². The quantitative estimate of drug-likeness (QED) is 0.734. The summed E-state index contributed by atoms with van der Waals surface area (Å²) in [7, 11) is 1.77. The third-order valence-electron chi connectivity index (χ3n) is 5.61. The van der Waals surface area contributed by atoms with Crippen LogP contribution in [-0.2, 0) is 9.47 Å². The number of benzene rings is 1. The Morgan fingerprint density at radius 3 is 2.50 bits per heavy atom. The molecular formula is C21H31N5O2. The highest BCUT2D eigenvalue weighted by atomic mass is 16.5. The van der Waals surface area contributed by atoms with E-state index >= 15 is 0 Å². The van der Waals surface area contributed by atoms with Gasteiger partial charge in [-0.15, -0.1) is 0 Å². The van der Waals surface area contributed by atoms with Crippen molar-refractivity contribution >= 4 is 22.7 Å². The summed E-state index contributed by atoms with van der Waals surface area (Å²) in [5, 5.41) is 3.72. The third-order valence-corrected chi connectivity index (χ3v) is 5.61. The van der Waals surface area contributed by atoms with Crippen LogP contribution in [0.1, 0.15) is 19.3 Å². The molecule has 0 unspecified atom stereocenters. The molecule has 2 saturated heterocycles. The van der Waals surface area contributed by atoms with Crippen LogP contribution in [-0.4, -0.2) is 80.6 Å². The first-order valence-electron chi connectivity index (χ1n) is 10.4. The number of para-hydroxylation sites is 2. The van der Waals surface area contributed by atoms with Gasteiger partial charge in [0.15, 0.2) is 11.6 Å². The molecule has 0 saturated carbocycles. The highest BCUT2D eigenvalue weighted by molar-refractivity contribution is 5.80. The predicted molar refractivity (Wildman–Crippen MR) is 112 cm³/mol. The number of hydrogen-bond donors (Lipinski definition) is 1. The molecule has 1 aromatic carbocycles. The second-order valence-corrected chi connectivity index (χ2v) is 7.59. The monoisotopic (exact) mass is 385 g/mol. The Balaban J connectivity index is 1.46. The van der Waals surface area contributed by atoms with E-state index in [9.17, 15) is 0 Å². The lowest BCUT2D eigenvalue weighted by Crippen LogP contribution is -2.41. The van der Waals surface area contributed by atoms with Crippen molar-refractivity contribution in [3.63, 3.8) is 0 Å². The van der Waals surface area contributed by atoms with Crippen molar-refractivity contribution in [2.45, 2.75) is 25.3 Å². The fraction of sp³-hybridized carbons (Fsp3) is 0.619. The average molecular weight is 386 g/mol. The summed E-state index contributed by atoms with van der Waals surface area (Å²) in [6.07, 6.45) is 3.36. The largest absolute Gasteiger partial charge is 0.385 e. The van der Waals surface area contributed by atoms with Crippen molar-refractivity contribution in [2.24, 2.45) is 0 Å². The number of anilines is 2.